The van der Waals surface area contributed by atoms with Gasteiger partial charge < -0.3 is 14.7 Å². The van der Waals surface area contributed by atoms with Crippen molar-refractivity contribution in [2.45, 2.75) is 26.7 Å². The van der Waals surface area contributed by atoms with E-state index < -0.39 is 0 Å². The van der Waals surface area contributed by atoms with Crippen molar-refractivity contribution in [1.29, 1.82) is 0 Å². The first-order valence-corrected chi connectivity index (χ1v) is 6.36. The predicted molar refractivity (Wildman–Crippen MR) is 71.9 cm³/mol. The third-order valence-electron chi connectivity index (χ3n) is 2.64. The molecule has 0 saturated heterocycles. The van der Waals surface area contributed by atoms with Gasteiger partial charge in [-0.3, -0.25) is 4.79 Å². The first kappa shape index (κ1) is 14.5. The maximum Gasteiger partial charge on any atom is 0.227 e. The molecule has 1 amide bonds. The molecular weight excluding hydrogens is 230 g/mol. The lowest BCUT2D eigenvalue weighted by Gasteiger charge is -2.21. The summed E-state index contributed by atoms with van der Waals surface area (Å²) in [6, 6.07) is 6.76. The Hall–Kier alpha value is -1.55. The number of hydrogen-bond acceptors (Lipinski definition) is 3. The van der Waals surface area contributed by atoms with E-state index in [4.69, 9.17) is 4.74 Å². The Morgan fingerprint density at radius 3 is 2.78 bits per heavy atom. The molecule has 4 heteroatoms. The Bertz CT molecular complexity index is 379. The van der Waals surface area contributed by atoms with Gasteiger partial charge in [0.1, 0.15) is 5.75 Å². The molecule has 0 aliphatic rings. The monoisotopic (exact) mass is 251 g/mol. The number of carbonyl (C=O) groups excluding carboxylic acids is 1. The quantitative estimate of drug-likeness (QED) is 0.758. The van der Waals surface area contributed by atoms with Gasteiger partial charge >= 0.3 is 0 Å². The van der Waals surface area contributed by atoms with Gasteiger partial charge in [0.05, 0.1) is 0 Å². The molecule has 1 N–H and O–H groups in total. The number of amides is 1. The fourth-order valence-electron chi connectivity index (χ4n) is 1.77. The van der Waals surface area contributed by atoms with E-state index in [9.17, 15) is 9.90 Å². The van der Waals surface area contributed by atoms with Gasteiger partial charge in [0.2, 0.25) is 5.91 Å². The van der Waals surface area contributed by atoms with E-state index in [0.29, 0.717) is 26.2 Å². The lowest BCUT2D eigenvalue weighted by molar-refractivity contribution is -0.118. The van der Waals surface area contributed by atoms with Gasteiger partial charge in [0, 0.05) is 37.9 Å². The number of phenols is 1. The average molecular weight is 251 g/mol. The van der Waals surface area contributed by atoms with Crippen molar-refractivity contribution in [3.63, 3.8) is 0 Å². The number of hydrogen-bond donors (Lipinski definition) is 1. The zero-order valence-electron chi connectivity index (χ0n) is 11.1. The maximum absolute atomic E-state index is 12.0. The maximum atomic E-state index is 12.0. The van der Waals surface area contributed by atoms with Crippen molar-refractivity contribution in [2.75, 3.05) is 24.7 Å². The number of carbonyl (C=O) groups is 1. The first-order valence-electron chi connectivity index (χ1n) is 6.36. The molecular formula is C14H21NO3. The highest BCUT2D eigenvalue weighted by atomic mass is 16.5. The number of nitrogens with zero attached hydrogens (tertiary/aromatic N) is 1. The Morgan fingerprint density at radius 2 is 2.17 bits per heavy atom. The second-order valence-electron chi connectivity index (χ2n) is 3.96. The number of aromatic hydroxyl groups is 1. The van der Waals surface area contributed by atoms with Crippen molar-refractivity contribution in [2.24, 2.45) is 0 Å². The number of anilines is 1. The van der Waals surface area contributed by atoms with Gasteiger partial charge in [-0.2, -0.15) is 0 Å². The zero-order chi connectivity index (χ0) is 13.4. The summed E-state index contributed by atoms with van der Waals surface area (Å²) in [6.45, 7) is 5.74. The van der Waals surface area contributed by atoms with E-state index in [2.05, 4.69) is 0 Å². The fourth-order valence-corrected chi connectivity index (χ4v) is 1.77. The minimum absolute atomic E-state index is 0.0582. The summed E-state index contributed by atoms with van der Waals surface area (Å²) in [5.74, 6) is 0.232. The van der Waals surface area contributed by atoms with Crippen LogP contribution in [0.5, 0.6) is 5.75 Å². The first-order chi connectivity index (χ1) is 8.69. The molecule has 18 heavy (non-hydrogen) atoms. The third kappa shape index (κ3) is 4.37. The molecule has 0 fully saturated rings. The van der Waals surface area contributed by atoms with Gasteiger partial charge in [-0.05, 0) is 32.4 Å². The normalized spacial score (nSPS) is 10.3. The third-order valence-corrected chi connectivity index (χ3v) is 2.64. The average Bonchev–Trinajstić information content (AvgIpc) is 2.36. The Kier molecular flexibility index (Phi) is 6.22. The molecule has 0 heterocycles. The van der Waals surface area contributed by atoms with Crippen LogP contribution in [0.3, 0.4) is 0 Å². The van der Waals surface area contributed by atoms with E-state index >= 15 is 0 Å². The molecule has 1 aromatic rings. The van der Waals surface area contributed by atoms with Crippen LogP contribution in [0.15, 0.2) is 24.3 Å². The summed E-state index contributed by atoms with van der Waals surface area (Å²) < 4.78 is 5.21. The van der Waals surface area contributed by atoms with E-state index in [1.165, 1.54) is 0 Å². The van der Waals surface area contributed by atoms with Crippen LogP contribution in [0.2, 0.25) is 0 Å². The Labute approximate surface area is 108 Å². The van der Waals surface area contributed by atoms with Crippen molar-refractivity contribution in [3.05, 3.63) is 24.3 Å². The van der Waals surface area contributed by atoms with Crippen molar-refractivity contribution in [3.8, 4) is 5.75 Å². The molecule has 0 bridgehead atoms. The van der Waals surface area contributed by atoms with Crippen LogP contribution >= 0.6 is 0 Å². The minimum Gasteiger partial charge on any atom is -0.508 e. The van der Waals surface area contributed by atoms with Gasteiger partial charge in [-0.15, -0.1) is 0 Å². The van der Waals surface area contributed by atoms with Crippen LogP contribution in [0.25, 0.3) is 0 Å². The smallest absolute Gasteiger partial charge is 0.227 e. The van der Waals surface area contributed by atoms with Crippen molar-refractivity contribution >= 4 is 11.6 Å². The van der Waals surface area contributed by atoms with Crippen LogP contribution in [-0.2, 0) is 9.53 Å². The molecule has 0 aromatic heterocycles. The van der Waals surface area contributed by atoms with E-state index in [1.807, 2.05) is 19.9 Å². The summed E-state index contributed by atoms with van der Waals surface area (Å²) in [5, 5.41) is 9.43. The van der Waals surface area contributed by atoms with Crippen molar-refractivity contribution in [1.82, 2.24) is 0 Å². The van der Waals surface area contributed by atoms with Gasteiger partial charge in [-0.1, -0.05) is 6.07 Å². The van der Waals surface area contributed by atoms with Gasteiger partial charge in [0.25, 0.3) is 0 Å². The highest BCUT2D eigenvalue weighted by molar-refractivity contribution is 5.93. The van der Waals surface area contributed by atoms with Gasteiger partial charge in [-0.25, -0.2) is 0 Å². The highest BCUT2D eigenvalue weighted by Crippen LogP contribution is 2.20. The second kappa shape index (κ2) is 7.71. The summed E-state index contributed by atoms with van der Waals surface area (Å²) in [7, 11) is 0. The highest BCUT2D eigenvalue weighted by Gasteiger charge is 2.13. The number of rotatable bonds is 7. The lowest BCUT2D eigenvalue weighted by Crippen LogP contribution is -2.30. The van der Waals surface area contributed by atoms with E-state index in [0.717, 1.165) is 12.1 Å². The summed E-state index contributed by atoms with van der Waals surface area (Å²) in [4.78, 5) is 13.7. The Balaban J connectivity index is 2.57. The molecule has 0 aliphatic carbocycles. The Morgan fingerprint density at radius 1 is 1.39 bits per heavy atom. The minimum atomic E-state index is 0.0582. The summed E-state index contributed by atoms with van der Waals surface area (Å²) in [5.41, 5.74) is 0.735. The van der Waals surface area contributed by atoms with Crippen LogP contribution < -0.4 is 4.90 Å². The largest absolute Gasteiger partial charge is 0.508 e. The standard InChI is InChI=1S/C14H21NO3/c1-3-15(12-7-5-8-13(16)11-12)14(17)9-6-10-18-4-2/h5,7-8,11,16H,3-4,6,9-10H2,1-2H3. The van der Waals surface area contributed by atoms with Gasteiger partial charge in [0.15, 0.2) is 0 Å². The summed E-state index contributed by atoms with van der Waals surface area (Å²) in [6.07, 6.45) is 1.19. The van der Waals surface area contributed by atoms with E-state index in [-0.39, 0.29) is 11.7 Å². The SMILES string of the molecule is CCOCCCC(=O)N(CC)c1cccc(O)c1. The number of phenolic OH excluding ortho intramolecular Hbond substituents is 1. The molecule has 0 spiro atoms. The molecule has 0 saturated carbocycles. The molecule has 4 nitrogen and oxygen atoms in total. The molecule has 1 aromatic carbocycles. The van der Waals surface area contributed by atoms with Crippen LogP contribution in [0.4, 0.5) is 5.69 Å². The van der Waals surface area contributed by atoms with Crippen molar-refractivity contribution < 1.29 is 14.6 Å². The predicted octanol–water partition coefficient (Wildman–Crippen LogP) is 2.56. The second-order valence-corrected chi connectivity index (χ2v) is 3.96. The van der Waals surface area contributed by atoms with E-state index in [1.54, 1.807) is 23.1 Å². The molecule has 0 radical (unpaired) electrons. The summed E-state index contributed by atoms with van der Waals surface area (Å²) >= 11 is 0. The number of benzene rings is 1. The molecule has 100 valence electrons. The van der Waals surface area contributed by atoms with Crippen LogP contribution in [-0.4, -0.2) is 30.8 Å². The topological polar surface area (TPSA) is 49.8 Å². The lowest BCUT2D eigenvalue weighted by atomic mass is 10.2. The fraction of sp³-hybridized carbons (Fsp3) is 0.500. The van der Waals surface area contributed by atoms with Crippen LogP contribution in [0.1, 0.15) is 26.7 Å². The molecule has 1 rings (SSSR count). The molecule has 0 unspecified atom stereocenters. The number of ether oxygens (including phenoxy) is 1. The zero-order valence-corrected chi connectivity index (χ0v) is 11.1. The molecule has 0 atom stereocenters. The van der Waals surface area contributed by atoms with Crippen LogP contribution in [0, 0.1) is 0 Å². The molecule has 0 aliphatic heterocycles.